The summed E-state index contributed by atoms with van der Waals surface area (Å²) in [6, 6.07) is 1.44. The van der Waals surface area contributed by atoms with Gasteiger partial charge in [-0.25, -0.2) is 0 Å². The first-order chi connectivity index (χ1) is 8.82. The number of phenolic OH excluding ortho intramolecular Hbond substituents is 2. The van der Waals surface area contributed by atoms with E-state index in [4.69, 9.17) is 5.11 Å². The quantitative estimate of drug-likeness (QED) is 0.717. The molecule has 19 heavy (non-hydrogen) atoms. The molecule has 102 valence electrons. The lowest BCUT2D eigenvalue weighted by Crippen LogP contribution is -2.12. The van der Waals surface area contributed by atoms with Crippen LogP contribution in [0.15, 0.2) is 17.7 Å². The van der Waals surface area contributed by atoms with Crippen molar-refractivity contribution >= 4 is 18.6 Å². The average molecular weight is 262 g/mol. The van der Waals surface area contributed by atoms with E-state index in [-0.39, 0.29) is 17.9 Å². The fourth-order valence-corrected chi connectivity index (χ4v) is 1.60. The van der Waals surface area contributed by atoms with Gasteiger partial charge in [0.1, 0.15) is 11.5 Å². The maximum atomic E-state index is 10.4. The molecule has 0 radical (unpaired) electrons. The van der Waals surface area contributed by atoms with Gasteiger partial charge in [0, 0.05) is 22.4 Å². The standard InChI is InChI=1S/C15H18O4/c1-9(5-7-14(17)18)4-6-12-8-13(16)10(2)11(3)15(12)19/h4,6,8,16,19H,2,5,7H2,1,3H3,(H,17,18)/b9-4+,12-6+. The highest BCUT2D eigenvalue weighted by molar-refractivity contribution is 5.67. The van der Waals surface area contributed by atoms with E-state index >= 15 is 0 Å². The van der Waals surface area contributed by atoms with E-state index in [1.807, 2.05) is 6.92 Å². The van der Waals surface area contributed by atoms with Crippen molar-refractivity contribution in [2.24, 2.45) is 0 Å². The second-order valence-corrected chi connectivity index (χ2v) is 4.51. The normalized spacial score (nSPS) is 12.7. The maximum absolute atomic E-state index is 10.4. The van der Waals surface area contributed by atoms with Gasteiger partial charge in [0.05, 0.1) is 0 Å². The fourth-order valence-electron chi connectivity index (χ4n) is 1.60. The second kappa shape index (κ2) is 6.09. The predicted molar refractivity (Wildman–Crippen MR) is 74.4 cm³/mol. The third-order valence-corrected chi connectivity index (χ3v) is 2.96. The summed E-state index contributed by atoms with van der Waals surface area (Å²) in [5.74, 6) is -0.742. The molecule has 0 spiro atoms. The smallest absolute Gasteiger partial charge is 0.303 e. The number of carboxylic acid groups (broad SMARTS) is 1. The maximum Gasteiger partial charge on any atom is 0.303 e. The number of phenols is 2. The Labute approximate surface area is 111 Å². The van der Waals surface area contributed by atoms with Crippen LogP contribution in [-0.2, 0) is 4.79 Å². The minimum absolute atomic E-state index is 0.0261. The number of rotatable bonds is 4. The summed E-state index contributed by atoms with van der Waals surface area (Å²) in [7, 11) is 0. The summed E-state index contributed by atoms with van der Waals surface area (Å²) in [6.07, 6.45) is 3.91. The van der Waals surface area contributed by atoms with Gasteiger partial charge in [0.15, 0.2) is 0 Å². The van der Waals surface area contributed by atoms with Crippen molar-refractivity contribution < 1.29 is 20.1 Å². The molecule has 0 saturated heterocycles. The molecule has 1 rings (SSSR count). The van der Waals surface area contributed by atoms with Gasteiger partial charge < -0.3 is 15.3 Å². The Balaban J connectivity index is 3.10. The third kappa shape index (κ3) is 3.88. The first kappa shape index (κ1) is 14.8. The van der Waals surface area contributed by atoms with Gasteiger partial charge in [-0.1, -0.05) is 24.3 Å². The van der Waals surface area contributed by atoms with Crippen LogP contribution < -0.4 is 10.4 Å². The zero-order valence-electron chi connectivity index (χ0n) is 11.1. The molecule has 0 aromatic heterocycles. The number of hydrogen-bond donors (Lipinski definition) is 3. The predicted octanol–water partition coefficient (Wildman–Crippen LogP) is 1.41. The van der Waals surface area contributed by atoms with Gasteiger partial charge >= 0.3 is 5.97 Å². The van der Waals surface area contributed by atoms with E-state index in [2.05, 4.69) is 6.58 Å². The van der Waals surface area contributed by atoms with Crippen molar-refractivity contribution in [3.05, 3.63) is 33.7 Å². The van der Waals surface area contributed by atoms with Crippen molar-refractivity contribution in [2.45, 2.75) is 26.7 Å². The van der Waals surface area contributed by atoms with Crippen molar-refractivity contribution in [1.29, 1.82) is 0 Å². The summed E-state index contributed by atoms with van der Waals surface area (Å²) in [5.41, 5.74) is 1.42. The van der Waals surface area contributed by atoms with Crippen molar-refractivity contribution in [3.63, 3.8) is 0 Å². The Morgan fingerprint density at radius 2 is 2.00 bits per heavy atom. The first-order valence-corrected chi connectivity index (χ1v) is 5.92. The van der Waals surface area contributed by atoms with E-state index in [0.717, 1.165) is 5.57 Å². The van der Waals surface area contributed by atoms with Gasteiger partial charge in [-0.15, -0.1) is 0 Å². The van der Waals surface area contributed by atoms with Crippen LogP contribution in [0.5, 0.6) is 11.5 Å². The van der Waals surface area contributed by atoms with Crippen LogP contribution >= 0.6 is 0 Å². The third-order valence-electron chi connectivity index (χ3n) is 2.96. The highest BCUT2D eigenvalue weighted by Crippen LogP contribution is 2.10. The SMILES string of the molecule is C=c1c(O)c/c(=C\C=C(/C)CCC(=O)O)c(O)c1C. The molecular formula is C15H18O4. The van der Waals surface area contributed by atoms with Crippen LogP contribution in [0.1, 0.15) is 25.3 Å². The number of aromatic hydroxyl groups is 2. The minimum Gasteiger partial charge on any atom is -0.507 e. The largest absolute Gasteiger partial charge is 0.507 e. The molecule has 4 heteroatoms. The molecule has 0 heterocycles. The second-order valence-electron chi connectivity index (χ2n) is 4.51. The Hall–Kier alpha value is -2.23. The van der Waals surface area contributed by atoms with E-state index in [9.17, 15) is 15.0 Å². The van der Waals surface area contributed by atoms with Gasteiger partial charge in [0.25, 0.3) is 0 Å². The lowest BCUT2D eigenvalue weighted by molar-refractivity contribution is -0.136. The van der Waals surface area contributed by atoms with Crippen molar-refractivity contribution in [3.8, 4) is 11.5 Å². The van der Waals surface area contributed by atoms with Gasteiger partial charge in [-0.3, -0.25) is 4.79 Å². The molecule has 0 fully saturated rings. The van der Waals surface area contributed by atoms with Crippen LogP contribution in [0.2, 0.25) is 0 Å². The minimum atomic E-state index is -0.842. The number of carbonyl (C=O) groups is 1. The lowest BCUT2D eigenvalue weighted by atomic mass is 10.1. The summed E-state index contributed by atoms with van der Waals surface area (Å²) < 4.78 is 0. The number of hydrogen-bond acceptors (Lipinski definition) is 3. The Kier molecular flexibility index (Phi) is 4.75. The molecular weight excluding hydrogens is 244 g/mol. The molecule has 1 aromatic rings. The van der Waals surface area contributed by atoms with Crippen LogP contribution in [0, 0.1) is 6.92 Å². The molecule has 0 aliphatic carbocycles. The molecule has 4 nitrogen and oxygen atoms in total. The van der Waals surface area contributed by atoms with Crippen LogP contribution in [0.4, 0.5) is 0 Å². The van der Waals surface area contributed by atoms with Crippen LogP contribution in [0.3, 0.4) is 0 Å². The van der Waals surface area contributed by atoms with E-state index in [1.54, 1.807) is 19.1 Å². The summed E-state index contributed by atoms with van der Waals surface area (Å²) >= 11 is 0. The molecule has 1 aromatic carbocycles. The molecule has 0 aliphatic heterocycles. The molecule has 0 atom stereocenters. The zero-order chi connectivity index (χ0) is 14.6. The molecule has 0 amide bonds. The van der Waals surface area contributed by atoms with Crippen molar-refractivity contribution in [1.82, 2.24) is 0 Å². The molecule has 0 bridgehead atoms. The summed E-state index contributed by atoms with van der Waals surface area (Å²) in [5, 5.41) is 29.0. The summed E-state index contributed by atoms with van der Waals surface area (Å²) in [4.78, 5) is 10.4. The number of carboxylic acids is 1. The summed E-state index contributed by atoms with van der Waals surface area (Å²) in [6.45, 7) is 7.16. The van der Waals surface area contributed by atoms with Crippen LogP contribution in [0.25, 0.3) is 12.7 Å². The molecule has 3 N–H and O–H groups in total. The Morgan fingerprint density at radius 3 is 2.58 bits per heavy atom. The van der Waals surface area contributed by atoms with Crippen LogP contribution in [-0.4, -0.2) is 21.3 Å². The molecule has 0 saturated carbocycles. The van der Waals surface area contributed by atoms with Gasteiger partial charge in [0.2, 0.25) is 0 Å². The highest BCUT2D eigenvalue weighted by Gasteiger charge is 2.03. The number of benzene rings is 1. The average Bonchev–Trinajstić information content (AvgIpc) is 2.36. The van der Waals surface area contributed by atoms with Gasteiger partial charge in [-0.2, -0.15) is 0 Å². The van der Waals surface area contributed by atoms with Gasteiger partial charge in [-0.05, 0) is 26.3 Å². The van der Waals surface area contributed by atoms with E-state index in [1.165, 1.54) is 6.07 Å². The van der Waals surface area contributed by atoms with Crippen molar-refractivity contribution in [2.75, 3.05) is 0 Å². The lowest BCUT2D eigenvalue weighted by Gasteiger charge is -2.02. The number of allylic oxidation sites excluding steroid dienone is 2. The topological polar surface area (TPSA) is 77.8 Å². The fraction of sp³-hybridized carbons (Fsp3) is 0.267. The highest BCUT2D eigenvalue weighted by atomic mass is 16.4. The molecule has 0 unspecified atom stereocenters. The monoisotopic (exact) mass is 262 g/mol. The Bertz CT molecular complexity index is 627. The molecule has 0 aliphatic rings. The zero-order valence-corrected chi connectivity index (χ0v) is 11.1. The first-order valence-electron chi connectivity index (χ1n) is 5.92. The Morgan fingerprint density at radius 1 is 1.37 bits per heavy atom. The number of aliphatic carboxylic acids is 1. The van der Waals surface area contributed by atoms with E-state index in [0.29, 0.717) is 22.4 Å². The van der Waals surface area contributed by atoms with E-state index < -0.39 is 5.97 Å².